The molecule has 0 atom stereocenters. The zero-order valence-corrected chi connectivity index (χ0v) is 11.0. The van der Waals surface area contributed by atoms with E-state index in [1.807, 2.05) is 0 Å². The fourth-order valence-corrected chi connectivity index (χ4v) is 1.50. The molecule has 2 aromatic rings. The monoisotopic (exact) mass is 288 g/mol. The van der Waals surface area contributed by atoms with Crippen LogP contribution >= 0.6 is 0 Å². The predicted octanol–water partition coefficient (Wildman–Crippen LogP) is 0.248. The molecule has 8 nitrogen and oxygen atoms in total. The van der Waals surface area contributed by atoms with Crippen molar-refractivity contribution in [1.29, 1.82) is 0 Å². The number of nitrogens with one attached hydrogen (secondary N) is 2. The van der Waals surface area contributed by atoms with E-state index in [2.05, 4.69) is 20.7 Å². The molecule has 0 unspecified atom stereocenters. The third-order valence-electron chi connectivity index (χ3n) is 2.53. The van der Waals surface area contributed by atoms with Crippen LogP contribution in [0.15, 0.2) is 40.2 Å². The lowest BCUT2D eigenvalue weighted by molar-refractivity contribution is 0.0949. The van der Waals surface area contributed by atoms with E-state index in [4.69, 9.17) is 4.74 Å². The Morgan fingerprint density at radius 1 is 1.43 bits per heavy atom. The molecular weight excluding hydrogens is 276 g/mol. The number of aromatic amines is 1. The Labute approximate surface area is 119 Å². The molecule has 0 spiro atoms. The fourth-order valence-electron chi connectivity index (χ4n) is 1.50. The van der Waals surface area contributed by atoms with Crippen LogP contribution in [0.3, 0.4) is 0 Å². The Kier molecular flexibility index (Phi) is 4.30. The lowest BCUT2D eigenvalue weighted by Crippen LogP contribution is -2.21. The molecule has 1 heterocycles. The number of methoxy groups -OCH3 is 1. The molecule has 108 valence electrons. The molecule has 0 aliphatic carbocycles. The maximum atomic E-state index is 11.7. The number of hydrazone groups is 1. The molecule has 0 aliphatic rings. The number of phenolic OH excluding ortho intramolecular Hbond substituents is 1. The molecule has 1 aromatic heterocycles. The van der Waals surface area contributed by atoms with Gasteiger partial charge in [-0.25, -0.2) is 10.5 Å². The normalized spacial score (nSPS) is 10.5. The molecule has 21 heavy (non-hydrogen) atoms. The Balaban J connectivity index is 2.07. The summed E-state index contributed by atoms with van der Waals surface area (Å²) >= 11 is 0. The zero-order chi connectivity index (χ0) is 15.2. The second kappa shape index (κ2) is 6.33. The highest BCUT2D eigenvalue weighted by atomic mass is 16.5. The molecule has 3 N–H and O–H groups in total. The number of hydrogen-bond acceptors (Lipinski definition) is 6. The molecule has 0 saturated carbocycles. The van der Waals surface area contributed by atoms with Crippen molar-refractivity contribution >= 4 is 12.1 Å². The summed E-state index contributed by atoms with van der Waals surface area (Å²) in [6.07, 6.45) is 1.27. The van der Waals surface area contributed by atoms with Gasteiger partial charge >= 0.3 is 0 Å². The third kappa shape index (κ3) is 3.44. The summed E-state index contributed by atoms with van der Waals surface area (Å²) in [4.78, 5) is 22.5. The van der Waals surface area contributed by atoms with Crippen LogP contribution in [0.1, 0.15) is 16.1 Å². The predicted molar refractivity (Wildman–Crippen MR) is 74.6 cm³/mol. The van der Waals surface area contributed by atoms with Gasteiger partial charge in [-0.3, -0.25) is 9.59 Å². The van der Waals surface area contributed by atoms with Gasteiger partial charge in [-0.05, 0) is 18.2 Å². The summed E-state index contributed by atoms with van der Waals surface area (Å²) in [6, 6.07) is 7.32. The third-order valence-corrected chi connectivity index (χ3v) is 2.53. The van der Waals surface area contributed by atoms with Gasteiger partial charge in [0, 0.05) is 11.6 Å². The summed E-state index contributed by atoms with van der Waals surface area (Å²) in [6.45, 7) is 0. The van der Waals surface area contributed by atoms with E-state index in [9.17, 15) is 14.7 Å². The van der Waals surface area contributed by atoms with Crippen molar-refractivity contribution in [1.82, 2.24) is 15.6 Å². The molecule has 1 aromatic carbocycles. The van der Waals surface area contributed by atoms with E-state index in [1.165, 1.54) is 25.5 Å². The Hall–Kier alpha value is -3.16. The van der Waals surface area contributed by atoms with Crippen molar-refractivity contribution in [2.75, 3.05) is 7.11 Å². The quantitative estimate of drug-likeness (QED) is 0.550. The van der Waals surface area contributed by atoms with Crippen LogP contribution in [0, 0.1) is 0 Å². The number of carbonyl (C=O) groups is 1. The number of para-hydroxylation sites is 1. The lowest BCUT2D eigenvalue weighted by atomic mass is 10.2. The van der Waals surface area contributed by atoms with Gasteiger partial charge in [0.25, 0.3) is 11.5 Å². The number of aromatic nitrogens is 2. The summed E-state index contributed by atoms with van der Waals surface area (Å²) in [5, 5.41) is 19.2. The van der Waals surface area contributed by atoms with Crippen molar-refractivity contribution in [3.8, 4) is 11.5 Å². The van der Waals surface area contributed by atoms with Gasteiger partial charge in [0.1, 0.15) is 0 Å². The van der Waals surface area contributed by atoms with Crippen molar-refractivity contribution in [3.05, 3.63) is 51.9 Å². The number of H-pyrrole nitrogens is 1. The van der Waals surface area contributed by atoms with Crippen molar-refractivity contribution in [3.63, 3.8) is 0 Å². The first-order valence-corrected chi connectivity index (χ1v) is 5.87. The van der Waals surface area contributed by atoms with Crippen LogP contribution in [0.4, 0.5) is 0 Å². The molecule has 0 aliphatic heterocycles. The first kappa shape index (κ1) is 14.3. The first-order valence-electron chi connectivity index (χ1n) is 5.87. The fraction of sp³-hybridized carbons (Fsp3) is 0.0769. The van der Waals surface area contributed by atoms with Gasteiger partial charge in [0.2, 0.25) is 0 Å². The zero-order valence-electron chi connectivity index (χ0n) is 11.0. The average molecular weight is 288 g/mol. The van der Waals surface area contributed by atoms with Gasteiger partial charge in [0.05, 0.1) is 13.3 Å². The van der Waals surface area contributed by atoms with Gasteiger partial charge in [-0.1, -0.05) is 6.07 Å². The highest BCUT2D eigenvalue weighted by Crippen LogP contribution is 2.27. The number of hydrogen-bond donors (Lipinski definition) is 3. The number of rotatable bonds is 4. The average Bonchev–Trinajstić information content (AvgIpc) is 2.49. The second-order valence-electron chi connectivity index (χ2n) is 3.90. The highest BCUT2D eigenvalue weighted by Gasteiger charge is 2.07. The van der Waals surface area contributed by atoms with E-state index in [0.29, 0.717) is 11.3 Å². The molecular formula is C13H12N4O4. The number of aromatic hydroxyl groups is 1. The summed E-state index contributed by atoms with van der Waals surface area (Å²) < 4.78 is 4.95. The molecule has 0 fully saturated rings. The molecule has 0 bridgehead atoms. The maximum absolute atomic E-state index is 11.7. The topological polar surface area (TPSA) is 117 Å². The van der Waals surface area contributed by atoms with E-state index >= 15 is 0 Å². The number of carbonyl (C=O) groups excluding carboxylic acids is 1. The minimum atomic E-state index is -0.593. The van der Waals surface area contributed by atoms with Gasteiger partial charge in [-0.2, -0.15) is 10.2 Å². The highest BCUT2D eigenvalue weighted by molar-refractivity contribution is 5.93. The molecule has 1 amide bonds. The minimum Gasteiger partial charge on any atom is -0.504 e. The lowest BCUT2D eigenvalue weighted by Gasteiger charge is -2.04. The van der Waals surface area contributed by atoms with E-state index in [0.717, 1.165) is 0 Å². The van der Waals surface area contributed by atoms with Crippen molar-refractivity contribution in [2.24, 2.45) is 5.10 Å². The Bertz CT molecular complexity index is 719. The van der Waals surface area contributed by atoms with Gasteiger partial charge < -0.3 is 9.84 Å². The summed E-state index contributed by atoms with van der Waals surface area (Å²) in [7, 11) is 1.43. The Morgan fingerprint density at radius 3 is 2.90 bits per heavy atom. The summed E-state index contributed by atoms with van der Waals surface area (Å²) in [5.74, 6) is -0.377. The van der Waals surface area contributed by atoms with E-state index in [1.54, 1.807) is 18.2 Å². The van der Waals surface area contributed by atoms with Crippen LogP contribution in [0.2, 0.25) is 0 Å². The SMILES string of the molecule is COc1cccc(/C=N/NC(=O)c2ccc(=O)[nH]n2)c1O. The van der Waals surface area contributed by atoms with Crippen LogP contribution in [-0.4, -0.2) is 34.5 Å². The molecule has 8 heteroatoms. The van der Waals surface area contributed by atoms with Crippen LogP contribution in [0.25, 0.3) is 0 Å². The first-order chi connectivity index (χ1) is 10.1. The number of benzene rings is 1. The van der Waals surface area contributed by atoms with Crippen molar-refractivity contribution < 1.29 is 14.6 Å². The minimum absolute atomic E-state index is 0.0154. The second-order valence-corrected chi connectivity index (χ2v) is 3.90. The standard InChI is InChI=1S/C13H12N4O4/c1-21-10-4-2-3-8(12(10)19)7-14-17-13(20)9-5-6-11(18)16-15-9/h2-7,19H,1H3,(H,16,18)(H,17,20)/b14-7+. The van der Waals surface area contributed by atoms with Gasteiger partial charge in [-0.15, -0.1) is 0 Å². The van der Waals surface area contributed by atoms with E-state index < -0.39 is 11.5 Å². The van der Waals surface area contributed by atoms with E-state index in [-0.39, 0.29) is 11.4 Å². The molecule has 0 saturated heterocycles. The maximum Gasteiger partial charge on any atom is 0.291 e. The number of ether oxygens (including phenoxy) is 1. The van der Waals surface area contributed by atoms with Crippen LogP contribution in [-0.2, 0) is 0 Å². The smallest absolute Gasteiger partial charge is 0.291 e. The van der Waals surface area contributed by atoms with Crippen molar-refractivity contribution in [2.45, 2.75) is 0 Å². The largest absolute Gasteiger partial charge is 0.504 e. The molecule has 2 rings (SSSR count). The van der Waals surface area contributed by atoms with Gasteiger partial charge in [0.15, 0.2) is 17.2 Å². The number of phenols is 1. The molecule has 0 radical (unpaired) electrons. The number of nitrogens with zero attached hydrogens (tertiary/aromatic N) is 2. The van der Waals surface area contributed by atoms with Crippen LogP contribution in [0.5, 0.6) is 11.5 Å². The Morgan fingerprint density at radius 2 is 2.24 bits per heavy atom. The van der Waals surface area contributed by atoms with Crippen LogP contribution < -0.4 is 15.7 Å². The summed E-state index contributed by atoms with van der Waals surface area (Å²) in [5.41, 5.74) is 2.21. The number of amides is 1.